The highest BCUT2D eigenvalue weighted by Crippen LogP contribution is 2.25. The zero-order valence-corrected chi connectivity index (χ0v) is 14.1. The third kappa shape index (κ3) is 4.13. The van der Waals surface area contributed by atoms with Crippen LogP contribution in [0.2, 0.25) is 0 Å². The minimum absolute atomic E-state index is 0.0158. The van der Waals surface area contributed by atoms with Crippen LogP contribution in [0.5, 0.6) is 0 Å². The van der Waals surface area contributed by atoms with Crippen molar-refractivity contribution in [1.82, 2.24) is 5.32 Å². The second-order valence-electron chi connectivity index (χ2n) is 6.04. The second kappa shape index (κ2) is 7.75. The van der Waals surface area contributed by atoms with Gasteiger partial charge in [-0.25, -0.2) is 4.39 Å². The molecular weight excluding hydrogens is 313 g/mol. The molecule has 0 saturated carbocycles. The Bertz CT molecular complexity index is 861. The van der Waals surface area contributed by atoms with Gasteiger partial charge in [0.25, 0.3) is 0 Å². The molecule has 1 N–H and O–H groups in total. The van der Waals surface area contributed by atoms with Gasteiger partial charge in [0.1, 0.15) is 5.82 Å². The van der Waals surface area contributed by atoms with E-state index in [0.29, 0.717) is 5.56 Å². The van der Waals surface area contributed by atoms with Gasteiger partial charge in [0.2, 0.25) is 5.91 Å². The number of halogens is 1. The van der Waals surface area contributed by atoms with Crippen LogP contribution in [0.25, 0.3) is 0 Å². The summed E-state index contributed by atoms with van der Waals surface area (Å²) in [6, 6.07) is 23.9. The predicted molar refractivity (Wildman–Crippen MR) is 97.7 cm³/mol. The Morgan fingerprint density at radius 1 is 0.920 bits per heavy atom. The van der Waals surface area contributed by atoms with Gasteiger partial charge in [0.15, 0.2) is 0 Å². The highest BCUT2D eigenvalue weighted by atomic mass is 19.1. The van der Waals surface area contributed by atoms with Crippen LogP contribution in [0.15, 0.2) is 78.9 Å². The van der Waals surface area contributed by atoms with Crippen molar-refractivity contribution >= 4 is 5.91 Å². The van der Waals surface area contributed by atoms with Crippen LogP contribution in [0, 0.1) is 12.7 Å². The number of hydrogen-bond acceptors (Lipinski definition) is 1. The summed E-state index contributed by atoms with van der Waals surface area (Å²) in [6.45, 7) is 2.02. The molecule has 0 aromatic heterocycles. The molecule has 0 unspecified atom stereocenters. The van der Waals surface area contributed by atoms with Gasteiger partial charge in [0.05, 0.1) is 12.5 Å². The molecule has 1 amide bonds. The summed E-state index contributed by atoms with van der Waals surface area (Å²) < 4.78 is 13.8. The van der Waals surface area contributed by atoms with Crippen molar-refractivity contribution in [3.63, 3.8) is 0 Å². The van der Waals surface area contributed by atoms with Crippen molar-refractivity contribution in [2.75, 3.05) is 0 Å². The quantitative estimate of drug-likeness (QED) is 0.727. The molecule has 0 aliphatic heterocycles. The van der Waals surface area contributed by atoms with Gasteiger partial charge in [-0.3, -0.25) is 4.79 Å². The molecular formula is C22H20FNO. The predicted octanol–water partition coefficient (Wildman–Crippen LogP) is 4.58. The van der Waals surface area contributed by atoms with Gasteiger partial charge < -0.3 is 5.32 Å². The molecule has 3 aromatic rings. The zero-order chi connectivity index (χ0) is 17.6. The standard InChI is InChI=1S/C22H20FNO/c1-16-9-5-7-13-19(16)22(17-10-3-2-4-11-17)24-21(25)15-18-12-6-8-14-20(18)23/h2-14,22H,15H2,1H3,(H,24,25)/t22-/m1/s1. The van der Waals surface area contributed by atoms with E-state index in [0.717, 1.165) is 16.7 Å². The van der Waals surface area contributed by atoms with E-state index in [1.807, 2.05) is 61.5 Å². The highest BCUT2D eigenvalue weighted by Gasteiger charge is 2.19. The normalized spacial score (nSPS) is 11.8. The Labute approximate surface area is 147 Å². The van der Waals surface area contributed by atoms with Crippen molar-refractivity contribution in [2.45, 2.75) is 19.4 Å². The van der Waals surface area contributed by atoms with Crippen molar-refractivity contribution in [3.8, 4) is 0 Å². The molecule has 0 aliphatic rings. The van der Waals surface area contributed by atoms with Crippen molar-refractivity contribution in [1.29, 1.82) is 0 Å². The fourth-order valence-corrected chi connectivity index (χ4v) is 2.92. The van der Waals surface area contributed by atoms with E-state index >= 15 is 0 Å². The Kier molecular flexibility index (Phi) is 5.24. The number of hydrogen-bond donors (Lipinski definition) is 1. The SMILES string of the molecule is Cc1ccccc1[C@H](NC(=O)Cc1ccccc1F)c1ccccc1. The molecule has 25 heavy (non-hydrogen) atoms. The van der Waals surface area contributed by atoms with Crippen molar-refractivity contribution in [3.05, 3.63) is 107 Å². The van der Waals surface area contributed by atoms with E-state index < -0.39 is 0 Å². The maximum Gasteiger partial charge on any atom is 0.225 e. The minimum Gasteiger partial charge on any atom is -0.345 e. The van der Waals surface area contributed by atoms with Crippen molar-refractivity contribution in [2.24, 2.45) is 0 Å². The summed E-state index contributed by atoms with van der Waals surface area (Å²) >= 11 is 0. The molecule has 0 aliphatic carbocycles. The molecule has 0 fully saturated rings. The number of amides is 1. The van der Waals surface area contributed by atoms with E-state index in [1.165, 1.54) is 6.07 Å². The van der Waals surface area contributed by atoms with Gasteiger partial charge in [-0.1, -0.05) is 72.8 Å². The van der Waals surface area contributed by atoms with Crippen LogP contribution in [-0.2, 0) is 11.2 Å². The molecule has 2 nitrogen and oxygen atoms in total. The average Bonchev–Trinajstić information content (AvgIpc) is 2.63. The van der Waals surface area contributed by atoms with E-state index in [9.17, 15) is 9.18 Å². The third-order valence-electron chi connectivity index (χ3n) is 4.25. The highest BCUT2D eigenvalue weighted by molar-refractivity contribution is 5.79. The molecule has 3 heteroatoms. The lowest BCUT2D eigenvalue weighted by Gasteiger charge is -2.22. The number of aryl methyl sites for hydroxylation is 1. The average molecular weight is 333 g/mol. The summed E-state index contributed by atoms with van der Waals surface area (Å²) in [5, 5.41) is 3.06. The number of nitrogens with one attached hydrogen (secondary N) is 1. The molecule has 0 heterocycles. The Hall–Kier alpha value is -2.94. The summed E-state index contributed by atoms with van der Waals surface area (Å²) in [5.41, 5.74) is 3.54. The van der Waals surface area contributed by atoms with E-state index in [2.05, 4.69) is 5.32 Å². The van der Waals surface area contributed by atoms with Crippen LogP contribution < -0.4 is 5.32 Å². The van der Waals surface area contributed by atoms with Crippen LogP contribution in [0.3, 0.4) is 0 Å². The smallest absolute Gasteiger partial charge is 0.225 e. The van der Waals surface area contributed by atoms with E-state index in [-0.39, 0.29) is 24.2 Å². The van der Waals surface area contributed by atoms with Gasteiger partial charge >= 0.3 is 0 Å². The van der Waals surface area contributed by atoms with Crippen LogP contribution in [-0.4, -0.2) is 5.91 Å². The van der Waals surface area contributed by atoms with Gasteiger partial charge in [-0.15, -0.1) is 0 Å². The third-order valence-corrected chi connectivity index (χ3v) is 4.25. The Morgan fingerprint density at radius 3 is 2.28 bits per heavy atom. The van der Waals surface area contributed by atoms with Crippen LogP contribution in [0.1, 0.15) is 28.3 Å². The topological polar surface area (TPSA) is 29.1 Å². The molecule has 0 spiro atoms. The Morgan fingerprint density at radius 2 is 1.56 bits per heavy atom. The zero-order valence-electron chi connectivity index (χ0n) is 14.1. The molecule has 126 valence electrons. The first-order chi connectivity index (χ1) is 12.1. The largest absolute Gasteiger partial charge is 0.345 e. The summed E-state index contributed by atoms with van der Waals surface area (Å²) in [5.74, 6) is -0.563. The molecule has 0 radical (unpaired) electrons. The molecule has 3 rings (SSSR count). The molecule has 3 aromatic carbocycles. The summed E-state index contributed by atoms with van der Waals surface area (Å²) in [6.07, 6.45) is 0.0158. The summed E-state index contributed by atoms with van der Waals surface area (Å²) in [7, 11) is 0. The maximum atomic E-state index is 13.8. The van der Waals surface area contributed by atoms with Gasteiger partial charge in [0, 0.05) is 0 Å². The maximum absolute atomic E-state index is 13.8. The van der Waals surface area contributed by atoms with Gasteiger partial charge in [-0.2, -0.15) is 0 Å². The lowest BCUT2D eigenvalue weighted by Crippen LogP contribution is -2.31. The second-order valence-corrected chi connectivity index (χ2v) is 6.04. The van der Waals surface area contributed by atoms with Crippen LogP contribution >= 0.6 is 0 Å². The first-order valence-electron chi connectivity index (χ1n) is 8.28. The fraction of sp³-hybridized carbons (Fsp3) is 0.136. The lowest BCUT2D eigenvalue weighted by atomic mass is 9.94. The molecule has 0 saturated heterocycles. The summed E-state index contributed by atoms with van der Waals surface area (Å²) in [4.78, 5) is 12.6. The van der Waals surface area contributed by atoms with E-state index in [4.69, 9.17) is 0 Å². The lowest BCUT2D eigenvalue weighted by molar-refractivity contribution is -0.121. The molecule has 0 bridgehead atoms. The fourth-order valence-electron chi connectivity index (χ4n) is 2.92. The first kappa shape index (κ1) is 16.9. The van der Waals surface area contributed by atoms with E-state index in [1.54, 1.807) is 18.2 Å². The van der Waals surface area contributed by atoms with Crippen molar-refractivity contribution < 1.29 is 9.18 Å². The Balaban J connectivity index is 1.87. The number of rotatable bonds is 5. The van der Waals surface area contributed by atoms with Gasteiger partial charge in [-0.05, 0) is 35.2 Å². The number of carbonyl (C=O) groups is 1. The van der Waals surface area contributed by atoms with Crippen LogP contribution in [0.4, 0.5) is 4.39 Å². The number of benzene rings is 3. The first-order valence-corrected chi connectivity index (χ1v) is 8.28. The minimum atomic E-state index is -0.357. The monoisotopic (exact) mass is 333 g/mol. The number of carbonyl (C=O) groups excluding carboxylic acids is 1. The molecule has 1 atom stereocenters.